The van der Waals surface area contributed by atoms with Crippen LogP contribution in [0.5, 0.6) is 0 Å². The molecule has 18 heavy (non-hydrogen) atoms. The first-order valence-corrected chi connectivity index (χ1v) is 6.68. The molecule has 3 atom stereocenters. The first-order valence-electron chi connectivity index (χ1n) is 6.68. The van der Waals surface area contributed by atoms with Gasteiger partial charge in [-0.25, -0.2) is 0 Å². The number of hydrogen-bond donors (Lipinski definition) is 0. The van der Waals surface area contributed by atoms with Gasteiger partial charge in [-0.05, 0) is 19.8 Å². The van der Waals surface area contributed by atoms with E-state index in [9.17, 15) is 14.4 Å². The lowest BCUT2D eigenvalue weighted by molar-refractivity contribution is -0.167. The number of hydrogen-bond acceptors (Lipinski definition) is 4. The van der Waals surface area contributed by atoms with Gasteiger partial charge in [-0.1, -0.05) is 20.3 Å². The zero-order valence-electron chi connectivity index (χ0n) is 11.4. The molecule has 1 rings (SSSR count). The fourth-order valence-electron chi connectivity index (χ4n) is 2.36. The van der Waals surface area contributed by atoms with Gasteiger partial charge in [0.15, 0.2) is 0 Å². The summed E-state index contributed by atoms with van der Waals surface area (Å²) in [5.74, 6) is -0.893. The summed E-state index contributed by atoms with van der Waals surface area (Å²) in [6.07, 6.45) is 2.73. The predicted molar refractivity (Wildman–Crippen MR) is 67.0 cm³/mol. The van der Waals surface area contributed by atoms with Crippen molar-refractivity contribution < 1.29 is 19.1 Å². The highest BCUT2D eigenvalue weighted by Crippen LogP contribution is 2.30. The lowest BCUT2D eigenvalue weighted by Crippen LogP contribution is -2.40. The Kier molecular flexibility index (Phi) is 5.51. The zero-order chi connectivity index (χ0) is 13.7. The van der Waals surface area contributed by atoms with Crippen LogP contribution in [0.3, 0.4) is 0 Å². The molecule has 1 aliphatic heterocycles. The van der Waals surface area contributed by atoms with Gasteiger partial charge in [-0.3, -0.25) is 9.59 Å². The summed E-state index contributed by atoms with van der Waals surface area (Å²) < 4.78 is 5.29. The van der Waals surface area contributed by atoms with E-state index in [0.717, 1.165) is 12.8 Å². The first-order chi connectivity index (χ1) is 8.45. The molecule has 0 aromatic carbocycles. The zero-order valence-corrected chi connectivity index (χ0v) is 11.4. The highest BCUT2D eigenvalue weighted by atomic mass is 16.5. The van der Waals surface area contributed by atoms with Crippen molar-refractivity contribution in [1.82, 2.24) is 0 Å². The number of ketones is 2. The van der Waals surface area contributed by atoms with Crippen LogP contribution in [0.4, 0.5) is 0 Å². The molecule has 1 heterocycles. The quantitative estimate of drug-likeness (QED) is 0.682. The fourth-order valence-corrected chi connectivity index (χ4v) is 2.36. The van der Waals surface area contributed by atoms with E-state index in [1.54, 1.807) is 6.92 Å². The number of rotatable bonds is 6. The Bertz CT molecular complexity index is 335. The van der Waals surface area contributed by atoms with Gasteiger partial charge in [0.25, 0.3) is 0 Å². The van der Waals surface area contributed by atoms with Crippen molar-refractivity contribution in [2.75, 3.05) is 0 Å². The summed E-state index contributed by atoms with van der Waals surface area (Å²) in [6.45, 7) is 5.24. The van der Waals surface area contributed by atoms with E-state index in [4.69, 9.17) is 4.74 Å². The molecule has 0 bridgehead atoms. The maximum Gasteiger partial charge on any atom is 0.309 e. The minimum absolute atomic E-state index is 0.0134. The SMILES string of the molecule is CCCC1CC(C(=O)CCC(C)=O)C(C)C(=O)O1. The Hall–Kier alpha value is -1.19. The van der Waals surface area contributed by atoms with Crippen molar-refractivity contribution in [3.05, 3.63) is 0 Å². The third-order valence-corrected chi connectivity index (χ3v) is 3.52. The maximum absolute atomic E-state index is 12.0. The summed E-state index contributed by atoms with van der Waals surface area (Å²) in [5.41, 5.74) is 0. The third kappa shape index (κ3) is 3.93. The Morgan fingerprint density at radius 1 is 1.33 bits per heavy atom. The molecule has 0 aromatic heterocycles. The van der Waals surface area contributed by atoms with Crippen molar-refractivity contribution in [1.29, 1.82) is 0 Å². The standard InChI is InChI=1S/C14H22O4/c1-4-5-11-8-12(10(3)14(17)18-11)13(16)7-6-9(2)15/h10-12H,4-8H2,1-3H3. The Morgan fingerprint density at radius 3 is 2.56 bits per heavy atom. The van der Waals surface area contributed by atoms with E-state index < -0.39 is 0 Å². The van der Waals surface area contributed by atoms with Crippen molar-refractivity contribution in [2.45, 2.75) is 59.0 Å². The summed E-state index contributed by atoms with van der Waals surface area (Å²) >= 11 is 0. The molecule has 102 valence electrons. The van der Waals surface area contributed by atoms with E-state index in [1.807, 2.05) is 6.92 Å². The van der Waals surface area contributed by atoms with Crippen LogP contribution in [0, 0.1) is 11.8 Å². The lowest BCUT2D eigenvalue weighted by Gasteiger charge is -2.32. The van der Waals surface area contributed by atoms with Crippen LogP contribution >= 0.6 is 0 Å². The van der Waals surface area contributed by atoms with Crippen LogP contribution in [0.2, 0.25) is 0 Å². The molecule has 4 nitrogen and oxygen atoms in total. The minimum atomic E-state index is -0.377. The van der Waals surface area contributed by atoms with E-state index in [2.05, 4.69) is 0 Å². The summed E-state index contributed by atoms with van der Waals surface area (Å²) in [6, 6.07) is 0. The molecular weight excluding hydrogens is 232 g/mol. The topological polar surface area (TPSA) is 60.4 Å². The molecule has 4 heteroatoms. The van der Waals surface area contributed by atoms with Crippen LogP contribution in [0.25, 0.3) is 0 Å². The Balaban J connectivity index is 2.62. The first kappa shape index (κ1) is 14.9. The minimum Gasteiger partial charge on any atom is -0.462 e. The van der Waals surface area contributed by atoms with E-state index >= 15 is 0 Å². The van der Waals surface area contributed by atoms with Crippen molar-refractivity contribution >= 4 is 17.5 Å². The number of ether oxygens (including phenoxy) is 1. The van der Waals surface area contributed by atoms with Crippen LogP contribution in [-0.2, 0) is 19.1 Å². The molecule has 0 N–H and O–H groups in total. The highest BCUT2D eigenvalue weighted by Gasteiger charge is 2.38. The van der Waals surface area contributed by atoms with Gasteiger partial charge in [0, 0.05) is 18.8 Å². The van der Waals surface area contributed by atoms with Gasteiger partial charge >= 0.3 is 5.97 Å². The molecular formula is C14H22O4. The lowest BCUT2D eigenvalue weighted by atomic mass is 9.81. The van der Waals surface area contributed by atoms with Crippen LogP contribution in [0.1, 0.15) is 52.9 Å². The predicted octanol–water partition coefficient (Wildman–Crippen LogP) is 2.29. The molecule has 1 aliphatic rings. The number of Topliss-reactive ketones (excluding diaryl/α,β-unsaturated/α-hetero) is 2. The number of cyclic esters (lactones) is 1. The van der Waals surface area contributed by atoms with Gasteiger partial charge in [0.05, 0.1) is 5.92 Å². The molecule has 0 amide bonds. The van der Waals surface area contributed by atoms with Crippen LogP contribution < -0.4 is 0 Å². The molecule has 1 fully saturated rings. The summed E-state index contributed by atoms with van der Waals surface area (Å²) in [5, 5.41) is 0. The largest absolute Gasteiger partial charge is 0.462 e. The third-order valence-electron chi connectivity index (χ3n) is 3.52. The molecule has 0 aromatic rings. The molecule has 1 saturated heterocycles. The van der Waals surface area contributed by atoms with Crippen LogP contribution in [-0.4, -0.2) is 23.6 Å². The molecule has 0 spiro atoms. The molecule has 0 saturated carbocycles. The second kappa shape index (κ2) is 6.66. The van der Waals surface area contributed by atoms with Crippen molar-refractivity contribution in [2.24, 2.45) is 11.8 Å². The smallest absolute Gasteiger partial charge is 0.309 e. The number of esters is 1. The molecule has 0 aliphatic carbocycles. The second-order valence-electron chi connectivity index (χ2n) is 5.15. The average Bonchev–Trinajstić information content (AvgIpc) is 2.30. The normalized spacial score (nSPS) is 27.7. The highest BCUT2D eigenvalue weighted by molar-refractivity contribution is 5.90. The maximum atomic E-state index is 12.0. The Morgan fingerprint density at radius 2 is 2.00 bits per heavy atom. The van der Waals surface area contributed by atoms with E-state index in [-0.39, 0.29) is 48.3 Å². The molecule has 3 unspecified atom stereocenters. The fraction of sp³-hybridized carbons (Fsp3) is 0.786. The van der Waals surface area contributed by atoms with Gasteiger partial charge in [-0.15, -0.1) is 0 Å². The second-order valence-corrected chi connectivity index (χ2v) is 5.15. The molecule has 0 radical (unpaired) electrons. The van der Waals surface area contributed by atoms with Crippen molar-refractivity contribution in [3.63, 3.8) is 0 Å². The number of carbonyl (C=O) groups excluding carboxylic acids is 3. The van der Waals surface area contributed by atoms with E-state index in [0.29, 0.717) is 6.42 Å². The van der Waals surface area contributed by atoms with Crippen LogP contribution in [0.15, 0.2) is 0 Å². The number of carbonyl (C=O) groups is 3. The summed E-state index contributed by atoms with van der Waals surface area (Å²) in [4.78, 5) is 34.6. The van der Waals surface area contributed by atoms with Gasteiger partial charge in [-0.2, -0.15) is 0 Å². The van der Waals surface area contributed by atoms with Gasteiger partial charge in [0.2, 0.25) is 0 Å². The monoisotopic (exact) mass is 254 g/mol. The average molecular weight is 254 g/mol. The van der Waals surface area contributed by atoms with Crippen molar-refractivity contribution in [3.8, 4) is 0 Å². The Labute approximate surface area is 108 Å². The van der Waals surface area contributed by atoms with Gasteiger partial charge < -0.3 is 9.53 Å². The summed E-state index contributed by atoms with van der Waals surface area (Å²) in [7, 11) is 0. The van der Waals surface area contributed by atoms with E-state index in [1.165, 1.54) is 6.92 Å². The van der Waals surface area contributed by atoms with Gasteiger partial charge in [0.1, 0.15) is 17.7 Å².